The molecular formula is C14H28N2. The van der Waals surface area contributed by atoms with Crippen LogP contribution in [0.15, 0.2) is 0 Å². The van der Waals surface area contributed by atoms with Gasteiger partial charge in [-0.25, -0.2) is 0 Å². The molecule has 2 N–H and O–H groups in total. The van der Waals surface area contributed by atoms with Crippen molar-refractivity contribution in [1.29, 1.82) is 0 Å². The molecule has 0 aromatic rings. The van der Waals surface area contributed by atoms with Crippen LogP contribution in [0.1, 0.15) is 58.8 Å². The topological polar surface area (TPSA) is 29.3 Å². The smallest absolute Gasteiger partial charge is 0.00815 e. The predicted molar refractivity (Wildman–Crippen MR) is 69.4 cm³/mol. The van der Waals surface area contributed by atoms with Gasteiger partial charge in [-0.15, -0.1) is 0 Å². The standard InChI is InChI=1S/C14H28N2/c1-12(15)11-13(2)16-9-7-14(8-10-16)5-3-4-6-14/h12-13H,3-11,15H2,1-2H3. The first-order chi connectivity index (χ1) is 7.61. The lowest BCUT2D eigenvalue weighted by molar-refractivity contribution is 0.0768. The monoisotopic (exact) mass is 224 g/mol. The van der Waals surface area contributed by atoms with Crippen molar-refractivity contribution in [2.75, 3.05) is 13.1 Å². The van der Waals surface area contributed by atoms with Gasteiger partial charge in [-0.3, -0.25) is 0 Å². The van der Waals surface area contributed by atoms with Gasteiger partial charge >= 0.3 is 0 Å². The third-order valence-electron chi connectivity index (χ3n) is 4.86. The molecule has 2 unspecified atom stereocenters. The van der Waals surface area contributed by atoms with E-state index in [9.17, 15) is 0 Å². The van der Waals surface area contributed by atoms with Crippen molar-refractivity contribution in [3.05, 3.63) is 0 Å². The molecule has 2 heteroatoms. The highest BCUT2D eigenvalue weighted by atomic mass is 15.2. The van der Waals surface area contributed by atoms with E-state index in [2.05, 4.69) is 18.7 Å². The first-order valence-corrected chi connectivity index (χ1v) is 7.11. The summed E-state index contributed by atoms with van der Waals surface area (Å²) in [5, 5.41) is 0. The fraction of sp³-hybridized carbons (Fsp3) is 1.00. The Hall–Kier alpha value is -0.0800. The summed E-state index contributed by atoms with van der Waals surface area (Å²) in [7, 11) is 0. The van der Waals surface area contributed by atoms with E-state index in [0.717, 1.165) is 11.8 Å². The van der Waals surface area contributed by atoms with Crippen molar-refractivity contribution in [3.63, 3.8) is 0 Å². The minimum absolute atomic E-state index is 0.345. The maximum Gasteiger partial charge on any atom is 0.00815 e. The van der Waals surface area contributed by atoms with Crippen LogP contribution in [0.3, 0.4) is 0 Å². The molecular weight excluding hydrogens is 196 g/mol. The Morgan fingerprint density at radius 1 is 1.06 bits per heavy atom. The van der Waals surface area contributed by atoms with E-state index in [1.54, 1.807) is 0 Å². The van der Waals surface area contributed by atoms with Crippen LogP contribution < -0.4 is 5.73 Å². The van der Waals surface area contributed by atoms with E-state index in [4.69, 9.17) is 5.73 Å². The summed E-state index contributed by atoms with van der Waals surface area (Å²) in [5.74, 6) is 0. The van der Waals surface area contributed by atoms with Gasteiger partial charge in [0.25, 0.3) is 0 Å². The molecule has 94 valence electrons. The van der Waals surface area contributed by atoms with E-state index in [1.807, 2.05) is 0 Å². The lowest BCUT2D eigenvalue weighted by Crippen LogP contribution is -2.45. The van der Waals surface area contributed by atoms with Gasteiger partial charge in [0.05, 0.1) is 0 Å². The average molecular weight is 224 g/mol. The zero-order valence-electron chi connectivity index (χ0n) is 11.0. The van der Waals surface area contributed by atoms with Crippen LogP contribution in [0.25, 0.3) is 0 Å². The van der Waals surface area contributed by atoms with Crippen LogP contribution in [-0.2, 0) is 0 Å². The lowest BCUT2D eigenvalue weighted by atomic mass is 9.76. The molecule has 2 atom stereocenters. The maximum absolute atomic E-state index is 5.89. The van der Waals surface area contributed by atoms with E-state index in [-0.39, 0.29) is 0 Å². The number of likely N-dealkylation sites (tertiary alicyclic amines) is 1. The number of hydrogen-bond donors (Lipinski definition) is 1. The van der Waals surface area contributed by atoms with Gasteiger partial charge in [-0.1, -0.05) is 12.8 Å². The zero-order chi connectivity index (χ0) is 11.6. The van der Waals surface area contributed by atoms with E-state index in [0.29, 0.717) is 12.1 Å². The SMILES string of the molecule is CC(N)CC(C)N1CCC2(CCCC2)CC1. The second-order valence-electron chi connectivity index (χ2n) is 6.31. The molecule has 16 heavy (non-hydrogen) atoms. The minimum Gasteiger partial charge on any atom is -0.328 e. The Kier molecular flexibility index (Phi) is 3.91. The molecule has 1 saturated carbocycles. The van der Waals surface area contributed by atoms with E-state index >= 15 is 0 Å². The fourth-order valence-corrected chi connectivity index (χ4v) is 3.75. The first kappa shape index (κ1) is 12.4. The summed E-state index contributed by atoms with van der Waals surface area (Å²) in [5.41, 5.74) is 6.64. The average Bonchev–Trinajstić information content (AvgIpc) is 2.66. The quantitative estimate of drug-likeness (QED) is 0.798. The number of hydrogen-bond acceptors (Lipinski definition) is 2. The van der Waals surface area contributed by atoms with Crippen LogP contribution in [0.5, 0.6) is 0 Å². The van der Waals surface area contributed by atoms with Crippen LogP contribution >= 0.6 is 0 Å². The van der Waals surface area contributed by atoms with Crippen LogP contribution in [0.2, 0.25) is 0 Å². The molecule has 2 nitrogen and oxygen atoms in total. The second kappa shape index (κ2) is 5.05. The highest BCUT2D eigenvalue weighted by Gasteiger charge is 2.37. The minimum atomic E-state index is 0.345. The van der Waals surface area contributed by atoms with E-state index in [1.165, 1.54) is 51.6 Å². The van der Waals surface area contributed by atoms with Crippen molar-refractivity contribution in [1.82, 2.24) is 4.90 Å². The fourth-order valence-electron chi connectivity index (χ4n) is 3.75. The summed E-state index contributed by atoms with van der Waals surface area (Å²) in [4.78, 5) is 2.66. The Morgan fingerprint density at radius 2 is 1.62 bits per heavy atom. The van der Waals surface area contributed by atoms with Crippen molar-refractivity contribution < 1.29 is 0 Å². The van der Waals surface area contributed by atoms with Gasteiger partial charge in [0, 0.05) is 12.1 Å². The van der Waals surface area contributed by atoms with Gasteiger partial charge in [-0.05, 0) is 64.5 Å². The number of rotatable bonds is 3. The van der Waals surface area contributed by atoms with Crippen molar-refractivity contribution in [2.24, 2.45) is 11.1 Å². The Balaban J connectivity index is 1.80. The molecule has 0 aromatic heterocycles. The third kappa shape index (κ3) is 2.78. The second-order valence-corrected chi connectivity index (χ2v) is 6.31. The van der Waals surface area contributed by atoms with Gasteiger partial charge in [0.2, 0.25) is 0 Å². The molecule has 0 bridgehead atoms. The summed E-state index contributed by atoms with van der Waals surface area (Å²) in [6.45, 7) is 7.09. The highest BCUT2D eigenvalue weighted by Crippen LogP contribution is 2.46. The molecule has 0 aromatic carbocycles. The maximum atomic E-state index is 5.89. The van der Waals surface area contributed by atoms with Crippen LogP contribution in [-0.4, -0.2) is 30.1 Å². The Morgan fingerprint density at radius 3 is 2.12 bits per heavy atom. The summed E-state index contributed by atoms with van der Waals surface area (Å²) in [6.07, 6.45) is 10.00. The van der Waals surface area contributed by atoms with Crippen LogP contribution in [0, 0.1) is 5.41 Å². The molecule has 2 rings (SSSR count). The van der Waals surface area contributed by atoms with Gasteiger partial charge in [0.15, 0.2) is 0 Å². The summed E-state index contributed by atoms with van der Waals surface area (Å²) >= 11 is 0. The molecule has 1 spiro atoms. The van der Waals surface area contributed by atoms with Crippen molar-refractivity contribution in [3.8, 4) is 0 Å². The molecule has 2 fully saturated rings. The number of nitrogens with two attached hydrogens (primary N) is 1. The molecule has 0 amide bonds. The molecule has 1 saturated heterocycles. The predicted octanol–water partition coefficient (Wildman–Crippen LogP) is 2.77. The Bertz CT molecular complexity index is 209. The summed E-state index contributed by atoms with van der Waals surface area (Å²) < 4.78 is 0. The van der Waals surface area contributed by atoms with Crippen LogP contribution in [0.4, 0.5) is 0 Å². The lowest BCUT2D eigenvalue weighted by Gasteiger charge is -2.42. The molecule has 1 heterocycles. The van der Waals surface area contributed by atoms with Crippen molar-refractivity contribution >= 4 is 0 Å². The highest BCUT2D eigenvalue weighted by molar-refractivity contribution is 4.90. The van der Waals surface area contributed by atoms with Gasteiger partial charge < -0.3 is 10.6 Å². The largest absolute Gasteiger partial charge is 0.328 e. The van der Waals surface area contributed by atoms with Gasteiger partial charge in [0.1, 0.15) is 0 Å². The molecule has 1 aliphatic carbocycles. The zero-order valence-corrected chi connectivity index (χ0v) is 11.0. The van der Waals surface area contributed by atoms with Gasteiger partial charge in [-0.2, -0.15) is 0 Å². The normalized spacial score (nSPS) is 29.4. The van der Waals surface area contributed by atoms with Crippen molar-refractivity contribution in [2.45, 2.75) is 70.9 Å². The third-order valence-corrected chi connectivity index (χ3v) is 4.86. The molecule has 0 radical (unpaired) electrons. The number of piperidine rings is 1. The Labute approximate surface area is 101 Å². The summed E-state index contributed by atoms with van der Waals surface area (Å²) in [6, 6.07) is 1.02. The van der Waals surface area contributed by atoms with E-state index < -0.39 is 0 Å². The molecule has 1 aliphatic heterocycles. The first-order valence-electron chi connectivity index (χ1n) is 7.11. The molecule has 2 aliphatic rings. The number of nitrogens with zero attached hydrogens (tertiary/aromatic N) is 1.